The second-order valence-corrected chi connectivity index (χ2v) is 4.23. The van der Waals surface area contributed by atoms with Gasteiger partial charge in [0.1, 0.15) is 5.82 Å². The maximum absolute atomic E-state index is 12.6. The zero-order valence-corrected chi connectivity index (χ0v) is 8.44. The van der Waals surface area contributed by atoms with Gasteiger partial charge in [0.15, 0.2) is 0 Å². The normalized spacial score (nSPS) is 19.9. The largest absolute Gasteiger partial charge is 0.390 e. The summed E-state index contributed by atoms with van der Waals surface area (Å²) < 4.78 is 12.6. The van der Waals surface area contributed by atoms with Gasteiger partial charge >= 0.3 is 0 Å². The van der Waals surface area contributed by atoms with Crippen molar-refractivity contribution < 1.29 is 14.6 Å². The van der Waals surface area contributed by atoms with Crippen LogP contribution in [0.5, 0.6) is 0 Å². The summed E-state index contributed by atoms with van der Waals surface area (Å²) >= 11 is 0. The molecule has 1 aliphatic rings. The molecule has 0 saturated heterocycles. The molecule has 15 heavy (non-hydrogen) atoms. The van der Waals surface area contributed by atoms with Crippen molar-refractivity contribution in [3.05, 3.63) is 35.6 Å². The van der Waals surface area contributed by atoms with E-state index in [0.717, 1.165) is 18.4 Å². The second kappa shape index (κ2) is 4.29. The van der Waals surface area contributed by atoms with Crippen molar-refractivity contribution in [1.29, 1.82) is 0 Å². The first kappa shape index (κ1) is 10.6. The predicted molar refractivity (Wildman–Crippen MR) is 54.8 cm³/mol. The number of rotatable bonds is 4. The third kappa shape index (κ3) is 2.76. The van der Waals surface area contributed by atoms with Gasteiger partial charge in [-0.3, -0.25) is 0 Å². The van der Waals surface area contributed by atoms with Gasteiger partial charge in [-0.15, -0.1) is 0 Å². The molecule has 0 aromatic heterocycles. The van der Waals surface area contributed by atoms with Crippen LogP contribution in [0.25, 0.3) is 0 Å². The Labute approximate surface area is 88.4 Å². The minimum absolute atomic E-state index is 0.264. The molecule has 2 rings (SSSR count). The molecular weight excluding hydrogens is 195 g/mol. The van der Waals surface area contributed by atoms with Crippen LogP contribution in [0.3, 0.4) is 0 Å². The van der Waals surface area contributed by atoms with E-state index in [0.29, 0.717) is 6.42 Å². The summed E-state index contributed by atoms with van der Waals surface area (Å²) in [4.78, 5) is 0. The minimum Gasteiger partial charge on any atom is -0.390 e. The van der Waals surface area contributed by atoms with Gasteiger partial charge in [0.25, 0.3) is 0 Å². The molecule has 1 aliphatic carbocycles. The lowest BCUT2D eigenvalue weighted by atomic mass is 10.0. The lowest BCUT2D eigenvalue weighted by Crippen LogP contribution is -2.29. The van der Waals surface area contributed by atoms with E-state index < -0.39 is 12.2 Å². The molecule has 0 bridgehead atoms. The average molecular weight is 210 g/mol. The van der Waals surface area contributed by atoms with E-state index in [1.165, 1.54) is 12.1 Å². The second-order valence-electron chi connectivity index (χ2n) is 4.23. The Balaban J connectivity index is 1.92. The van der Waals surface area contributed by atoms with E-state index in [2.05, 4.69) is 0 Å². The fourth-order valence-corrected chi connectivity index (χ4v) is 1.73. The first-order valence-electron chi connectivity index (χ1n) is 5.27. The molecule has 2 atom stereocenters. The van der Waals surface area contributed by atoms with Gasteiger partial charge < -0.3 is 10.2 Å². The van der Waals surface area contributed by atoms with Crippen molar-refractivity contribution in [3.8, 4) is 0 Å². The van der Waals surface area contributed by atoms with Crippen molar-refractivity contribution in [2.24, 2.45) is 5.92 Å². The zero-order chi connectivity index (χ0) is 10.8. The lowest BCUT2D eigenvalue weighted by Gasteiger charge is -2.17. The van der Waals surface area contributed by atoms with E-state index in [4.69, 9.17) is 0 Å². The molecule has 0 spiro atoms. The molecule has 1 aromatic carbocycles. The molecule has 1 aromatic rings. The highest BCUT2D eigenvalue weighted by Gasteiger charge is 2.34. The average Bonchev–Trinajstić information content (AvgIpc) is 3.04. The van der Waals surface area contributed by atoms with Gasteiger partial charge in [-0.1, -0.05) is 12.1 Å². The highest BCUT2D eigenvalue weighted by Crippen LogP contribution is 2.34. The van der Waals surface area contributed by atoms with Gasteiger partial charge in [-0.05, 0) is 36.5 Å². The molecule has 0 amide bonds. The van der Waals surface area contributed by atoms with Crippen molar-refractivity contribution in [1.82, 2.24) is 0 Å². The highest BCUT2D eigenvalue weighted by atomic mass is 19.1. The SMILES string of the molecule is OC(Cc1ccc(F)cc1)C(O)C1CC1. The van der Waals surface area contributed by atoms with Crippen LogP contribution in [0.2, 0.25) is 0 Å². The van der Waals surface area contributed by atoms with Gasteiger partial charge in [0.2, 0.25) is 0 Å². The Hall–Kier alpha value is -0.930. The van der Waals surface area contributed by atoms with E-state index in [9.17, 15) is 14.6 Å². The Morgan fingerprint density at radius 2 is 1.80 bits per heavy atom. The van der Waals surface area contributed by atoms with Crippen LogP contribution in [0.4, 0.5) is 4.39 Å². The quantitative estimate of drug-likeness (QED) is 0.790. The van der Waals surface area contributed by atoms with Crippen molar-refractivity contribution in [2.45, 2.75) is 31.5 Å². The predicted octanol–water partition coefficient (Wildman–Crippen LogP) is 1.50. The molecule has 2 unspecified atom stereocenters. The molecule has 2 nitrogen and oxygen atoms in total. The molecule has 0 aliphatic heterocycles. The maximum Gasteiger partial charge on any atom is 0.123 e. The molecule has 1 fully saturated rings. The summed E-state index contributed by atoms with van der Waals surface area (Å²) in [7, 11) is 0. The van der Waals surface area contributed by atoms with Crippen LogP contribution >= 0.6 is 0 Å². The minimum atomic E-state index is -0.733. The Morgan fingerprint density at radius 1 is 1.20 bits per heavy atom. The highest BCUT2D eigenvalue weighted by molar-refractivity contribution is 5.17. The van der Waals surface area contributed by atoms with Crippen LogP contribution in [0.15, 0.2) is 24.3 Å². The van der Waals surface area contributed by atoms with E-state index in [-0.39, 0.29) is 11.7 Å². The maximum atomic E-state index is 12.6. The van der Waals surface area contributed by atoms with Gasteiger partial charge in [-0.2, -0.15) is 0 Å². The summed E-state index contributed by atoms with van der Waals surface area (Å²) in [5.74, 6) is -0.0172. The van der Waals surface area contributed by atoms with E-state index in [1.54, 1.807) is 12.1 Å². The number of hydrogen-bond acceptors (Lipinski definition) is 2. The molecule has 2 N–H and O–H groups in total. The molecular formula is C12H15FO2. The number of aliphatic hydroxyl groups excluding tert-OH is 2. The Morgan fingerprint density at radius 3 is 2.33 bits per heavy atom. The van der Waals surface area contributed by atoms with Crippen LogP contribution in [0, 0.1) is 11.7 Å². The summed E-state index contributed by atoms with van der Waals surface area (Å²) in [6, 6.07) is 6.01. The number of halogens is 1. The Kier molecular flexibility index (Phi) is 3.03. The van der Waals surface area contributed by atoms with Crippen LogP contribution < -0.4 is 0 Å². The summed E-state index contributed by atoms with van der Waals surface area (Å²) in [6.45, 7) is 0. The molecule has 3 heteroatoms. The monoisotopic (exact) mass is 210 g/mol. The third-order valence-electron chi connectivity index (χ3n) is 2.86. The molecule has 0 heterocycles. The molecule has 1 saturated carbocycles. The third-order valence-corrected chi connectivity index (χ3v) is 2.86. The fraction of sp³-hybridized carbons (Fsp3) is 0.500. The van der Waals surface area contributed by atoms with Gasteiger partial charge in [0.05, 0.1) is 12.2 Å². The summed E-state index contributed by atoms with van der Waals surface area (Å²) in [5.41, 5.74) is 0.851. The van der Waals surface area contributed by atoms with E-state index >= 15 is 0 Å². The summed E-state index contributed by atoms with van der Waals surface area (Å²) in [6.07, 6.45) is 1.03. The van der Waals surface area contributed by atoms with Crippen LogP contribution in [-0.4, -0.2) is 22.4 Å². The lowest BCUT2D eigenvalue weighted by molar-refractivity contribution is 0.00673. The summed E-state index contributed by atoms with van der Waals surface area (Å²) in [5, 5.41) is 19.4. The van der Waals surface area contributed by atoms with Crippen molar-refractivity contribution in [3.63, 3.8) is 0 Å². The van der Waals surface area contributed by atoms with Gasteiger partial charge in [0, 0.05) is 6.42 Å². The topological polar surface area (TPSA) is 40.5 Å². The Bertz CT molecular complexity index is 319. The van der Waals surface area contributed by atoms with Crippen molar-refractivity contribution in [2.75, 3.05) is 0 Å². The molecule has 0 radical (unpaired) electrons. The van der Waals surface area contributed by atoms with Crippen molar-refractivity contribution >= 4 is 0 Å². The zero-order valence-electron chi connectivity index (χ0n) is 8.44. The first-order valence-corrected chi connectivity index (χ1v) is 5.27. The number of aliphatic hydroxyl groups is 2. The number of hydrogen-bond donors (Lipinski definition) is 2. The van der Waals surface area contributed by atoms with E-state index in [1.807, 2.05) is 0 Å². The van der Waals surface area contributed by atoms with Crippen LogP contribution in [-0.2, 0) is 6.42 Å². The fourth-order valence-electron chi connectivity index (χ4n) is 1.73. The first-order chi connectivity index (χ1) is 7.16. The number of benzene rings is 1. The van der Waals surface area contributed by atoms with Crippen LogP contribution in [0.1, 0.15) is 18.4 Å². The van der Waals surface area contributed by atoms with Gasteiger partial charge in [-0.25, -0.2) is 4.39 Å². The standard InChI is InChI=1S/C12H15FO2/c13-10-5-1-8(2-6-10)7-11(14)12(15)9-3-4-9/h1-2,5-6,9,11-12,14-15H,3-4,7H2. The molecule has 82 valence electrons. The smallest absolute Gasteiger partial charge is 0.123 e.